The van der Waals surface area contributed by atoms with Gasteiger partial charge >= 0.3 is 11.9 Å². The smallest absolute Gasteiger partial charge is 0.309 e. The molecule has 0 aromatic heterocycles. The summed E-state index contributed by atoms with van der Waals surface area (Å²) in [4.78, 5) is 24.7. The number of esters is 2. The van der Waals surface area contributed by atoms with Gasteiger partial charge < -0.3 is 9.47 Å². The normalized spacial score (nSPS) is 13.8. The second-order valence-corrected chi connectivity index (χ2v) is 12.8. The van der Waals surface area contributed by atoms with Crippen molar-refractivity contribution < 1.29 is 19.1 Å². The summed E-state index contributed by atoms with van der Waals surface area (Å²) in [6.07, 6.45) is 25.9. The summed E-state index contributed by atoms with van der Waals surface area (Å²) in [5.41, 5.74) is 0. The minimum atomic E-state index is -0.00229. The Balaban J connectivity index is 3.68. The van der Waals surface area contributed by atoms with Gasteiger partial charge in [-0.2, -0.15) is 0 Å². The summed E-state index contributed by atoms with van der Waals surface area (Å²) in [6.45, 7) is 14.4. The van der Waals surface area contributed by atoms with Crippen molar-refractivity contribution in [2.24, 2.45) is 23.7 Å². The number of hydrogen-bond donors (Lipinski definition) is 0. The summed E-state index contributed by atoms with van der Waals surface area (Å²) >= 11 is 0. The number of unbranched alkanes of at least 4 members (excludes halogenated alkanes) is 13. The van der Waals surface area contributed by atoms with Gasteiger partial charge in [-0.3, -0.25) is 9.59 Å². The number of ether oxygens (including phenoxy) is 2. The first kappa shape index (κ1) is 38.9. The minimum absolute atomic E-state index is 0.00229. The summed E-state index contributed by atoms with van der Waals surface area (Å²) in [7, 11) is 0. The molecule has 0 aliphatic carbocycles. The molecule has 40 heavy (non-hydrogen) atoms. The van der Waals surface area contributed by atoms with Crippen LogP contribution in [0, 0.1) is 23.7 Å². The fourth-order valence-corrected chi connectivity index (χ4v) is 5.51. The molecule has 3 unspecified atom stereocenters. The average Bonchev–Trinajstić information content (AvgIpc) is 2.95. The van der Waals surface area contributed by atoms with E-state index in [0.717, 1.165) is 38.5 Å². The maximum absolute atomic E-state index is 12.7. The Morgan fingerprint density at radius 1 is 0.525 bits per heavy atom. The van der Waals surface area contributed by atoms with Crippen LogP contribution in [0.3, 0.4) is 0 Å². The summed E-state index contributed by atoms with van der Waals surface area (Å²) in [6, 6.07) is 0. The van der Waals surface area contributed by atoms with E-state index >= 15 is 0 Å². The highest BCUT2D eigenvalue weighted by atomic mass is 16.5. The molecule has 0 rings (SSSR count). The van der Waals surface area contributed by atoms with Crippen LogP contribution in [-0.2, 0) is 19.1 Å². The van der Waals surface area contributed by atoms with Gasteiger partial charge in [0.2, 0.25) is 0 Å². The Bertz CT molecular complexity index is 573. The minimum Gasteiger partial charge on any atom is -0.465 e. The molecule has 0 radical (unpaired) electrons. The molecule has 0 aliphatic heterocycles. The standard InChI is InChI=1S/C36H70O4/c1-7-11-25-32(9-3)29-39-35(37)28-24-22-20-18-16-14-13-15-17-19-21-23-27-34(31(5)6)36(38)40-30-33(10-4)26-12-8-2/h31-34H,7-30H2,1-6H3. The fourth-order valence-electron chi connectivity index (χ4n) is 5.51. The molecule has 4 nitrogen and oxygen atoms in total. The Morgan fingerprint density at radius 3 is 1.38 bits per heavy atom. The molecule has 0 aromatic rings. The molecule has 238 valence electrons. The molecule has 3 atom stereocenters. The Kier molecular flexibility index (Phi) is 27.3. The molecule has 0 aromatic carbocycles. The fraction of sp³-hybridized carbons (Fsp3) is 0.944. The van der Waals surface area contributed by atoms with Gasteiger partial charge in [0, 0.05) is 6.42 Å². The molecule has 4 heteroatoms. The zero-order chi connectivity index (χ0) is 29.8. The van der Waals surface area contributed by atoms with E-state index in [0.29, 0.717) is 37.4 Å². The van der Waals surface area contributed by atoms with E-state index in [1.165, 1.54) is 96.3 Å². The third-order valence-corrected chi connectivity index (χ3v) is 8.78. The van der Waals surface area contributed by atoms with Crippen LogP contribution >= 0.6 is 0 Å². The van der Waals surface area contributed by atoms with Crippen molar-refractivity contribution in [3.8, 4) is 0 Å². The molecule has 0 N–H and O–H groups in total. The second-order valence-electron chi connectivity index (χ2n) is 12.8. The number of carbonyl (C=O) groups excluding carboxylic acids is 2. The maximum Gasteiger partial charge on any atom is 0.309 e. The molecule has 0 saturated heterocycles. The number of rotatable bonds is 29. The van der Waals surface area contributed by atoms with E-state index in [-0.39, 0.29) is 17.9 Å². The van der Waals surface area contributed by atoms with Gasteiger partial charge in [0.1, 0.15) is 0 Å². The van der Waals surface area contributed by atoms with Crippen LogP contribution in [-0.4, -0.2) is 25.2 Å². The van der Waals surface area contributed by atoms with Gasteiger partial charge in [0.15, 0.2) is 0 Å². The van der Waals surface area contributed by atoms with Gasteiger partial charge in [-0.25, -0.2) is 0 Å². The van der Waals surface area contributed by atoms with Gasteiger partial charge in [0.05, 0.1) is 19.1 Å². The van der Waals surface area contributed by atoms with Crippen molar-refractivity contribution in [3.05, 3.63) is 0 Å². The summed E-state index contributed by atoms with van der Waals surface area (Å²) < 4.78 is 11.3. The second kappa shape index (κ2) is 28.1. The highest BCUT2D eigenvalue weighted by Gasteiger charge is 2.24. The van der Waals surface area contributed by atoms with E-state index in [1.54, 1.807) is 0 Å². The molecule has 0 heterocycles. The van der Waals surface area contributed by atoms with E-state index in [4.69, 9.17) is 9.47 Å². The quantitative estimate of drug-likeness (QED) is 0.0667. The van der Waals surface area contributed by atoms with E-state index in [2.05, 4.69) is 41.5 Å². The largest absolute Gasteiger partial charge is 0.465 e. The van der Waals surface area contributed by atoms with Gasteiger partial charge in [-0.05, 0) is 43.4 Å². The van der Waals surface area contributed by atoms with Crippen LogP contribution in [0.2, 0.25) is 0 Å². The van der Waals surface area contributed by atoms with Crippen LogP contribution in [0.25, 0.3) is 0 Å². The molecule has 0 saturated carbocycles. The predicted molar refractivity (Wildman–Crippen MR) is 171 cm³/mol. The topological polar surface area (TPSA) is 52.6 Å². The maximum atomic E-state index is 12.7. The van der Waals surface area contributed by atoms with Crippen molar-refractivity contribution in [2.45, 2.75) is 183 Å². The lowest BCUT2D eigenvalue weighted by Crippen LogP contribution is -2.25. The highest BCUT2D eigenvalue weighted by molar-refractivity contribution is 5.72. The van der Waals surface area contributed by atoms with E-state index in [9.17, 15) is 9.59 Å². The molecule has 0 spiro atoms. The van der Waals surface area contributed by atoms with Crippen molar-refractivity contribution in [2.75, 3.05) is 13.2 Å². The zero-order valence-corrected chi connectivity index (χ0v) is 27.9. The van der Waals surface area contributed by atoms with Crippen LogP contribution in [0.5, 0.6) is 0 Å². The molecule has 0 aliphatic rings. The zero-order valence-electron chi connectivity index (χ0n) is 27.9. The number of hydrogen-bond acceptors (Lipinski definition) is 4. The lowest BCUT2D eigenvalue weighted by atomic mass is 9.90. The monoisotopic (exact) mass is 567 g/mol. The third-order valence-electron chi connectivity index (χ3n) is 8.78. The van der Waals surface area contributed by atoms with Crippen LogP contribution in [0.15, 0.2) is 0 Å². The third kappa shape index (κ3) is 22.6. The summed E-state index contributed by atoms with van der Waals surface area (Å²) in [5.74, 6) is 1.50. The van der Waals surface area contributed by atoms with Crippen molar-refractivity contribution in [3.63, 3.8) is 0 Å². The Morgan fingerprint density at radius 2 is 0.950 bits per heavy atom. The first-order chi connectivity index (χ1) is 19.4. The first-order valence-corrected chi connectivity index (χ1v) is 17.7. The van der Waals surface area contributed by atoms with Gasteiger partial charge in [-0.1, -0.05) is 151 Å². The molecule has 0 amide bonds. The lowest BCUT2D eigenvalue weighted by Gasteiger charge is -2.21. The summed E-state index contributed by atoms with van der Waals surface area (Å²) in [5, 5.41) is 0. The van der Waals surface area contributed by atoms with Crippen LogP contribution in [0.4, 0.5) is 0 Å². The highest BCUT2D eigenvalue weighted by Crippen LogP contribution is 2.23. The van der Waals surface area contributed by atoms with Crippen molar-refractivity contribution >= 4 is 11.9 Å². The Hall–Kier alpha value is -1.06. The average molecular weight is 567 g/mol. The van der Waals surface area contributed by atoms with Crippen molar-refractivity contribution in [1.29, 1.82) is 0 Å². The van der Waals surface area contributed by atoms with Gasteiger partial charge in [-0.15, -0.1) is 0 Å². The molecular weight excluding hydrogens is 496 g/mol. The van der Waals surface area contributed by atoms with E-state index < -0.39 is 0 Å². The van der Waals surface area contributed by atoms with Crippen LogP contribution in [0.1, 0.15) is 183 Å². The SMILES string of the molecule is CCCCC(CC)COC(=O)CCCCCCCCCCCCCCC(C(=O)OCC(CC)CCCC)C(C)C. The molecular formula is C36H70O4. The first-order valence-electron chi connectivity index (χ1n) is 17.7. The van der Waals surface area contributed by atoms with Gasteiger partial charge in [0.25, 0.3) is 0 Å². The van der Waals surface area contributed by atoms with Crippen LogP contribution < -0.4 is 0 Å². The van der Waals surface area contributed by atoms with Crippen molar-refractivity contribution in [1.82, 2.24) is 0 Å². The lowest BCUT2D eigenvalue weighted by molar-refractivity contribution is -0.152. The predicted octanol–water partition coefficient (Wildman–Crippen LogP) is 11.2. The molecule has 0 fully saturated rings. The number of carbonyl (C=O) groups is 2. The molecule has 0 bridgehead atoms. The van der Waals surface area contributed by atoms with E-state index in [1.807, 2.05) is 0 Å². The Labute approximate surface area is 250 Å².